The molecule has 1 heterocycles. The molecule has 1 aliphatic heterocycles. The molecule has 0 N–H and O–H groups in total. The molecule has 0 spiro atoms. The van der Waals surface area contributed by atoms with Gasteiger partial charge in [0.05, 0.1) is 19.3 Å². The predicted molar refractivity (Wildman–Crippen MR) is 100 cm³/mol. The van der Waals surface area contributed by atoms with Crippen LogP contribution in [0.5, 0.6) is 0 Å². The molecule has 162 valence electrons. The maximum Gasteiger partial charge on any atom is 0.412 e. The van der Waals surface area contributed by atoms with E-state index in [1.54, 1.807) is 0 Å². The summed E-state index contributed by atoms with van der Waals surface area (Å²) >= 11 is 0. The van der Waals surface area contributed by atoms with Crippen LogP contribution >= 0.6 is 0 Å². The van der Waals surface area contributed by atoms with Gasteiger partial charge in [0.25, 0.3) is 0 Å². The van der Waals surface area contributed by atoms with E-state index in [1.807, 2.05) is 0 Å². The molecule has 28 heavy (non-hydrogen) atoms. The molecule has 3 rings (SSSR count). The summed E-state index contributed by atoms with van der Waals surface area (Å²) in [6.45, 7) is 2.83. The van der Waals surface area contributed by atoms with Crippen molar-refractivity contribution < 1.29 is 27.0 Å². The summed E-state index contributed by atoms with van der Waals surface area (Å²) in [4.78, 5) is 0. The number of alkyl halides is 3. The molecule has 3 fully saturated rings. The summed E-state index contributed by atoms with van der Waals surface area (Å²) in [6.07, 6.45) is 6.35. The summed E-state index contributed by atoms with van der Waals surface area (Å²) in [5.74, 6) is 1.88. The first-order valence-electron chi connectivity index (χ1n) is 11.0. The molecule has 6 heteroatoms. The van der Waals surface area contributed by atoms with Crippen molar-refractivity contribution in [3.05, 3.63) is 11.9 Å². The molecule has 1 saturated heterocycles. The Bertz CT molecular complexity index is 495. The third kappa shape index (κ3) is 6.19. The van der Waals surface area contributed by atoms with Crippen LogP contribution in [0.3, 0.4) is 0 Å². The Hall–Kier alpha value is -0.620. The van der Waals surface area contributed by atoms with Crippen molar-refractivity contribution in [1.82, 2.24) is 0 Å². The number of hydrogen-bond donors (Lipinski definition) is 0. The van der Waals surface area contributed by atoms with Crippen LogP contribution in [0.1, 0.15) is 71.1 Å². The first-order valence-corrected chi connectivity index (χ1v) is 11.0. The molecule has 0 atom stereocenters. The zero-order valence-electron chi connectivity index (χ0n) is 16.9. The summed E-state index contributed by atoms with van der Waals surface area (Å²) < 4.78 is 60.9. The maximum atomic E-state index is 13.6. The average molecular weight is 407 g/mol. The van der Waals surface area contributed by atoms with Gasteiger partial charge in [-0.05, 0) is 62.2 Å². The van der Waals surface area contributed by atoms with Gasteiger partial charge < -0.3 is 9.47 Å². The molecular formula is C22H34F4O2. The van der Waals surface area contributed by atoms with E-state index in [1.165, 1.54) is 51.4 Å². The van der Waals surface area contributed by atoms with Crippen molar-refractivity contribution in [3.8, 4) is 0 Å². The number of halogens is 4. The van der Waals surface area contributed by atoms with Gasteiger partial charge in [0, 0.05) is 5.92 Å². The summed E-state index contributed by atoms with van der Waals surface area (Å²) in [7, 11) is 0. The van der Waals surface area contributed by atoms with Crippen molar-refractivity contribution in [2.75, 3.05) is 13.2 Å². The SMILES string of the molecule is CCCC1CCC(C2CCC(C3COC(C(F)=CC(F)(F)F)OC3)CC2)CC1. The number of allylic oxidation sites excluding steroid dienone is 1. The lowest BCUT2D eigenvalue weighted by molar-refractivity contribution is -0.200. The van der Waals surface area contributed by atoms with Gasteiger partial charge in [-0.25, -0.2) is 4.39 Å². The van der Waals surface area contributed by atoms with E-state index in [2.05, 4.69) is 6.92 Å². The minimum atomic E-state index is -4.69. The second-order valence-electron chi connectivity index (χ2n) is 9.07. The first-order chi connectivity index (χ1) is 13.4. The quantitative estimate of drug-likeness (QED) is 0.467. The molecule has 0 bridgehead atoms. The molecule has 0 radical (unpaired) electrons. The lowest BCUT2D eigenvalue weighted by atomic mass is 9.67. The van der Waals surface area contributed by atoms with Crippen molar-refractivity contribution in [1.29, 1.82) is 0 Å². The van der Waals surface area contributed by atoms with Gasteiger partial charge in [0.2, 0.25) is 6.29 Å². The van der Waals surface area contributed by atoms with E-state index in [0.29, 0.717) is 5.92 Å². The fourth-order valence-corrected chi connectivity index (χ4v) is 5.62. The fraction of sp³-hybridized carbons (Fsp3) is 0.909. The molecular weight excluding hydrogens is 372 g/mol. The Labute approximate surface area is 166 Å². The van der Waals surface area contributed by atoms with E-state index in [9.17, 15) is 17.6 Å². The minimum Gasteiger partial charge on any atom is -0.346 e. The van der Waals surface area contributed by atoms with Gasteiger partial charge in [-0.2, -0.15) is 13.2 Å². The normalized spacial score (nSPS) is 38.4. The van der Waals surface area contributed by atoms with Crippen LogP contribution in [0.15, 0.2) is 11.9 Å². The van der Waals surface area contributed by atoms with Gasteiger partial charge in [-0.3, -0.25) is 0 Å². The summed E-state index contributed by atoms with van der Waals surface area (Å²) in [6, 6.07) is 0. The van der Waals surface area contributed by atoms with E-state index in [-0.39, 0.29) is 25.2 Å². The van der Waals surface area contributed by atoms with Crippen molar-refractivity contribution in [3.63, 3.8) is 0 Å². The summed E-state index contributed by atoms with van der Waals surface area (Å²) in [5, 5.41) is 0. The van der Waals surface area contributed by atoms with Crippen molar-refractivity contribution in [2.24, 2.45) is 29.6 Å². The lowest BCUT2D eigenvalue weighted by Crippen LogP contribution is -2.38. The first kappa shape index (κ1) is 22.1. The lowest BCUT2D eigenvalue weighted by Gasteiger charge is -2.41. The second kappa shape index (κ2) is 9.92. The largest absolute Gasteiger partial charge is 0.412 e. The Kier molecular flexibility index (Phi) is 7.82. The van der Waals surface area contributed by atoms with Gasteiger partial charge in [-0.15, -0.1) is 0 Å². The minimum absolute atomic E-state index is 0.163. The molecule has 0 unspecified atom stereocenters. The Balaban J connectivity index is 1.39. The van der Waals surface area contributed by atoms with E-state index < -0.39 is 18.3 Å². The van der Waals surface area contributed by atoms with Crippen LogP contribution in [0.2, 0.25) is 0 Å². The Morgan fingerprint density at radius 1 is 0.821 bits per heavy atom. The third-order valence-corrected chi connectivity index (χ3v) is 7.19. The van der Waals surface area contributed by atoms with Gasteiger partial charge in [0.1, 0.15) is 0 Å². The standard InChI is InChI=1S/C22H34F4O2/c1-2-3-15-4-6-16(7-5-15)17-8-10-18(11-9-17)19-13-27-21(28-14-19)20(23)12-22(24,25)26/h12,15-19,21H,2-11,13-14H2,1H3. The highest BCUT2D eigenvalue weighted by molar-refractivity contribution is 5.01. The van der Waals surface area contributed by atoms with Crippen molar-refractivity contribution in [2.45, 2.75) is 83.6 Å². The van der Waals surface area contributed by atoms with E-state index in [4.69, 9.17) is 9.47 Å². The van der Waals surface area contributed by atoms with E-state index in [0.717, 1.165) is 30.6 Å². The van der Waals surface area contributed by atoms with Crippen LogP contribution in [0, 0.1) is 29.6 Å². The molecule has 3 aliphatic rings. The van der Waals surface area contributed by atoms with E-state index >= 15 is 0 Å². The van der Waals surface area contributed by atoms with Gasteiger partial charge >= 0.3 is 6.18 Å². The van der Waals surface area contributed by atoms with Crippen LogP contribution in [-0.4, -0.2) is 25.7 Å². The van der Waals surface area contributed by atoms with Crippen LogP contribution in [0.4, 0.5) is 17.6 Å². The maximum absolute atomic E-state index is 13.6. The zero-order valence-corrected chi connectivity index (χ0v) is 16.9. The second-order valence-corrected chi connectivity index (χ2v) is 9.07. The molecule has 2 aliphatic carbocycles. The number of ether oxygens (including phenoxy) is 2. The monoisotopic (exact) mass is 406 g/mol. The highest BCUT2D eigenvalue weighted by Crippen LogP contribution is 2.44. The highest BCUT2D eigenvalue weighted by atomic mass is 19.4. The molecule has 0 aromatic heterocycles. The van der Waals surface area contributed by atoms with Gasteiger partial charge in [0.15, 0.2) is 5.83 Å². The molecule has 0 aromatic carbocycles. The van der Waals surface area contributed by atoms with Crippen LogP contribution in [-0.2, 0) is 9.47 Å². The highest BCUT2D eigenvalue weighted by Gasteiger charge is 2.37. The van der Waals surface area contributed by atoms with Crippen LogP contribution < -0.4 is 0 Å². The van der Waals surface area contributed by atoms with Crippen LogP contribution in [0.25, 0.3) is 0 Å². The fourth-order valence-electron chi connectivity index (χ4n) is 5.62. The smallest absolute Gasteiger partial charge is 0.346 e. The van der Waals surface area contributed by atoms with Gasteiger partial charge in [-0.1, -0.05) is 32.6 Å². The molecule has 2 saturated carbocycles. The topological polar surface area (TPSA) is 18.5 Å². The number of hydrogen-bond acceptors (Lipinski definition) is 2. The van der Waals surface area contributed by atoms with Crippen molar-refractivity contribution >= 4 is 0 Å². The molecule has 0 amide bonds. The molecule has 0 aromatic rings. The predicted octanol–water partition coefficient (Wildman–Crippen LogP) is 6.80. The molecule has 2 nitrogen and oxygen atoms in total. The average Bonchev–Trinajstić information content (AvgIpc) is 2.68. The number of rotatable bonds is 5. The summed E-state index contributed by atoms with van der Waals surface area (Å²) in [5.41, 5.74) is 0. The zero-order chi connectivity index (χ0) is 20.1. The third-order valence-electron chi connectivity index (χ3n) is 7.19. The Morgan fingerprint density at radius 3 is 1.75 bits per heavy atom. The Morgan fingerprint density at radius 2 is 1.29 bits per heavy atom.